The lowest BCUT2D eigenvalue weighted by atomic mass is 10.1. The number of hydrogen-bond donors (Lipinski definition) is 2. The monoisotopic (exact) mass is 279 g/mol. The van der Waals surface area contributed by atoms with E-state index in [-0.39, 0.29) is 19.1 Å². The van der Waals surface area contributed by atoms with Crippen molar-refractivity contribution in [3.63, 3.8) is 0 Å². The average molecular weight is 279 g/mol. The van der Waals surface area contributed by atoms with Gasteiger partial charge in [0.25, 0.3) is 0 Å². The van der Waals surface area contributed by atoms with Crippen LogP contribution in [0.25, 0.3) is 0 Å². The van der Waals surface area contributed by atoms with Gasteiger partial charge in [-0.2, -0.15) is 13.2 Å². The number of aliphatic hydroxyl groups is 1. The molecule has 1 aromatic carbocycles. The number of alkyl halides is 3. The molecule has 0 aromatic heterocycles. The molecule has 0 bridgehead atoms. The SMILES string of the molecule is NCc1cc2c(cc1OCC(O)C(F)(F)F)OCO2. The molecule has 106 valence electrons. The van der Waals surface area contributed by atoms with Crippen molar-refractivity contribution in [2.75, 3.05) is 13.4 Å². The molecule has 2 rings (SSSR count). The maximum absolute atomic E-state index is 12.2. The first-order chi connectivity index (χ1) is 8.91. The van der Waals surface area contributed by atoms with Crippen LogP contribution in [-0.4, -0.2) is 30.8 Å². The van der Waals surface area contributed by atoms with Crippen LogP contribution in [0.3, 0.4) is 0 Å². The van der Waals surface area contributed by atoms with Crippen LogP contribution in [0.2, 0.25) is 0 Å². The van der Waals surface area contributed by atoms with Crippen LogP contribution in [0.4, 0.5) is 13.2 Å². The summed E-state index contributed by atoms with van der Waals surface area (Å²) in [4.78, 5) is 0. The summed E-state index contributed by atoms with van der Waals surface area (Å²) >= 11 is 0. The van der Waals surface area contributed by atoms with Gasteiger partial charge in [0.05, 0.1) is 0 Å². The van der Waals surface area contributed by atoms with E-state index in [0.29, 0.717) is 17.1 Å². The summed E-state index contributed by atoms with van der Waals surface area (Å²) in [5.74, 6) is 0.966. The fourth-order valence-electron chi connectivity index (χ4n) is 1.52. The first-order valence-electron chi connectivity index (χ1n) is 5.42. The number of benzene rings is 1. The minimum atomic E-state index is -4.72. The molecule has 3 N–H and O–H groups in total. The van der Waals surface area contributed by atoms with Gasteiger partial charge in [-0.15, -0.1) is 0 Å². The molecule has 0 aliphatic carbocycles. The molecule has 1 aliphatic heterocycles. The number of nitrogens with two attached hydrogens (primary N) is 1. The van der Waals surface area contributed by atoms with Crippen molar-refractivity contribution in [1.82, 2.24) is 0 Å². The normalized spacial score (nSPS) is 15.4. The van der Waals surface area contributed by atoms with Gasteiger partial charge in [0, 0.05) is 18.2 Å². The Bertz CT molecular complexity index is 464. The first-order valence-corrected chi connectivity index (χ1v) is 5.42. The Morgan fingerprint density at radius 2 is 1.95 bits per heavy atom. The van der Waals surface area contributed by atoms with Crippen LogP contribution >= 0.6 is 0 Å². The van der Waals surface area contributed by atoms with Crippen LogP contribution in [0.5, 0.6) is 17.2 Å². The van der Waals surface area contributed by atoms with E-state index in [2.05, 4.69) is 0 Å². The maximum Gasteiger partial charge on any atom is 0.417 e. The van der Waals surface area contributed by atoms with Gasteiger partial charge in [-0.05, 0) is 6.07 Å². The number of fused-ring (bicyclic) bond motifs is 1. The molecule has 0 amide bonds. The third kappa shape index (κ3) is 3.02. The van der Waals surface area contributed by atoms with E-state index in [0.717, 1.165) is 0 Å². The fraction of sp³-hybridized carbons (Fsp3) is 0.455. The second-order valence-corrected chi connectivity index (χ2v) is 3.89. The predicted molar refractivity (Wildman–Crippen MR) is 58.0 cm³/mol. The molecular weight excluding hydrogens is 267 g/mol. The second-order valence-electron chi connectivity index (χ2n) is 3.89. The van der Waals surface area contributed by atoms with Crippen molar-refractivity contribution in [3.8, 4) is 17.2 Å². The largest absolute Gasteiger partial charge is 0.490 e. The number of aliphatic hydroxyl groups excluding tert-OH is 1. The summed E-state index contributed by atoms with van der Waals surface area (Å²) in [6, 6.07) is 2.94. The molecule has 0 radical (unpaired) electrons. The minimum Gasteiger partial charge on any atom is -0.490 e. The van der Waals surface area contributed by atoms with Gasteiger partial charge >= 0.3 is 6.18 Å². The van der Waals surface area contributed by atoms with Crippen LogP contribution in [0.1, 0.15) is 5.56 Å². The van der Waals surface area contributed by atoms with E-state index >= 15 is 0 Å². The van der Waals surface area contributed by atoms with Gasteiger partial charge < -0.3 is 25.1 Å². The van der Waals surface area contributed by atoms with Crippen LogP contribution in [0.15, 0.2) is 12.1 Å². The topological polar surface area (TPSA) is 73.9 Å². The summed E-state index contributed by atoms with van der Waals surface area (Å²) in [5, 5.41) is 8.87. The minimum absolute atomic E-state index is 0.0357. The molecular formula is C11H12F3NO4. The molecule has 1 aliphatic rings. The molecule has 0 saturated carbocycles. The Labute approximate surface area is 106 Å². The number of hydrogen-bond acceptors (Lipinski definition) is 5. The van der Waals surface area contributed by atoms with Crippen molar-refractivity contribution < 1.29 is 32.5 Å². The van der Waals surface area contributed by atoms with Crippen molar-refractivity contribution in [2.24, 2.45) is 5.73 Å². The van der Waals surface area contributed by atoms with E-state index < -0.39 is 18.9 Å². The van der Waals surface area contributed by atoms with Crippen LogP contribution in [-0.2, 0) is 6.54 Å². The molecule has 1 heterocycles. The van der Waals surface area contributed by atoms with E-state index in [1.165, 1.54) is 12.1 Å². The molecule has 19 heavy (non-hydrogen) atoms. The molecule has 8 heteroatoms. The Balaban J connectivity index is 2.12. The zero-order valence-corrected chi connectivity index (χ0v) is 9.74. The summed E-state index contributed by atoms with van der Waals surface area (Å²) in [7, 11) is 0. The molecule has 0 fully saturated rings. The first kappa shape index (κ1) is 13.8. The van der Waals surface area contributed by atoms with Crippen molar-refractivity contribution in [2.45, 2.75) is 18.8 Å². The Kier molecular flexibility index (Phi) is 3.72. The lowest BCUT2D eigenvalue weighted by Crippen LogP contribution is -2.34. The highest BCUT2D eigenvalue weighted by molar-refractivity contribution is 5.51. The second kappa shape index (κ2) is 5.14. The fourth-order valence-corrected chi connectivity index (χ4v) is 1.52. The predicted octanol–water partition coefficient (Wildman–Crippen LogP) is 1.18. The lowest BCUT2D eigenvalue weighted by Gasteiger charge is -2.17. The summed E-state index contributed by atoms with van der Waals surface area (Å²) in [5.41, 5.74) is 5.95. The molecule has 0 spiro atoms. The van der Waals surface area contributed by atoms with Gasteiger partial charge in [-0.1, -0.05) is 0 Å². The molecule has 1 atom stereocenters. The maximum atomic E-state index is 12.2. The van der Waals surface area contributed by atoms with Gasteiger partial charge in [-0.3, -0.25) is 0 Å². The highest BCUT2D eigenvalue weighted by atomic mass is 19.4. The molecule has 0 saturated heterocycles. The smallest absolute Gasteiger partial charge is 0.417 e. The third-order valence-corrected chi connectivity index (χ3v) is 2.55. The zero-order chi connectivity index (χ0) is 14.0. The zero-order valence-electron chi connectivity index (χ0n) is 9.74. The summed E-state index contributed by atoms with van der Waals surface area (Å²) < 4.78 is 51.6. The Morgan fingerprint density at radius 3 is 2.53 bits per heavy atom. The third-order valence-electron chi connectivity index (χ3n) is 2.55. The summed E-state index contributed by atoms with van der Waals surface area (Å²) in [6.45, 7) is -0.807. The van der Waals surface area contributed by atoms with E-state index in [1.807, 2.05) is 0 Å². The Hall–Kier alpha value is -1.67. The number of ether oxygens (including phenoxy) is 3. The van der Waals surface area contributed by atoms with Gasteiger partial charge in [0.2, 0.25) is 6.79 Å². The highest BCUT2D eigenvalue weighted by Crippen LogP contribution is 2.38. The average Bonchev–Trinajstić information content (AvgIpc) is 2.80. The van der Waals surface area contributed by atoms with E-state index in [1.54, 1.807) is 0 Å². The molecule has 1 aromatic rings. The standard InChI is InChI=1S/C11H12F3NO4/c12-11(13,14)10(16)4-17-7-2-9-8(18-5-19-9)1-6(7)3-15/h1-2,10,16H,3-5,15H2. The summed E-state index contributed by atoms with van der Waals surface area (Å²) in [6.07, 6.45) is -7.28. The van der Waals surface area contributed by atoms with E-state index in [9.17, 15) is 13.2 Å². The van der Waals surface area contributed by atoms with Gasteiger partial charge in [0.1, 0.15) is 12.4 Å². The van der Waals surface area contributed by atoms with Crippen LogP contribution < -0.4 is 19.9 Å². The highest BCUT2D eigenvalue weighted by Gasteiger charge is 2.38. The van der Waals surface area contributed by atoms with Crippen molar-refractivity contribution >= 4 is 0 Å². The molecule has 1 unspecified atom stereocenters. The van der Waals surface area contributed by atoms with Crippen LogP contribution in [0, 0.1) is 0 Å². The van der Waals surface area contributed by atoms with Crippen molar-refractivity contribution in [3.05, 3.63) is 17.7 Å². The number of halogens is 3. The Morgan fingerprint density at radius 1 is 1.32 bits per heavy atom. The van der Waals surface area contributed by atoms with Gasteiger partial charge in [-0.25, -0.2) is 0 Å². The van der Waals surface area contributed by atoms with Gasteiger partial charge in [0.15, 0.2) is 17.6 Å². The quantitative estimate of drug-likeness (QED) is 0.865. The van der Waals surface area contributed by atoms with E-state index in [4.69, 9.17) is 25.1 Å². The van der Waals surface area contributed by atoms with Crippen molar-refractivity contribution in [1.29, 1.82) is 0 Å². The number of rotatable bonds is 4. The lowest BCUT2D eigenvalue weighted by molar-refractivity contribution is -0.210. The molecule has 5 nitrogen and oxygen atoms in total.